The van der Waals surface area contributed by atoms with Crippen molar-refractivity contribution in [2.45, 2.75) is 0 Å². The van der Waals surface area contributed by atoms with E-state index in [4.69, 9.17) is 0 Å². The van der Waals surface area contributed by atoms with Crippen LogP contribution < -0.4 is 0 Å². The SMILES string of the molecule is C=Cc1ccc(-n2cc(C#N)c(-c3ccccc3F)c2)cc1. The molecule has 0 aliphatic carbocycles. The molecule has 0 radical (unpaired) electrons. The second-order valence-corrected chi connectivity index (χ2v) is 4.88. The first-order chi connectivity index (χ1) is 10.7. The van der Waals surface area contributed by atoms with Crippen molar-refractivity contribution < 1.29 is 4.39 Å². The molecule has 0 bridgehead atoms. The Morgan fingerprint density at radius 2 is 1.73 bits per heavy atom. The minimum Gasteiger partial charge on any atom is -0.322 e. The molecule has 2 nitrogen and oxygen atoms in total. The second kappa shape index (κ2) is 5.71. The lowest BCUT2D eigenvalue weighted by Crippen LogP contribution is -1.89. The molecule has 0 spiro atoms. The molecular weight excluding hydrogens is 275 g/mol. The van der Waals surface area contributed by atoms with Gasteiger partial charge in [-0.2, -0.15) is 5.26 Å². The molecule has 3 rings (SSSR count). The van der Waals surface area contributed by atoms with Crippen LogP contribution in [0.1, 0.15) is 11.1 Å². The van der Waals surface area contributed by atoms with Gasteiger partial charge < -0.3 is 4.57 Å². The standard InChI is InChI=1S/C19H13FN2/c1-2-14-7-9-16(10-8-14)22-12-15(11-21)18(13-22)17-5-3-4-6-19(17)20/h2-10,12-13H,1H2. The monoisotopic (exact) mass is 288 g/mol. The molecule has 1 heterocycles. The van der Waals surface area contributed by atoms with E-state index in [1.807, 2.05) is 28.8 Å². The highest BCUT2D eigenvalue weighted by Gasteiger charge is 2.13. The van der Waals surface area contributed by atoms with Crippen LogP contribution in [0.25, 0.3) is 22.9 Å². The molecule has 2 aromatic carbocycles. The van der Waals surface area contributed by atoms with E-state index >= 15 is 0 Å². The third kappa shape index (κ3) is 2.43. The molecule has 0 saturated heterocycles. The molecule has 0 unspecified atom stereocenters. The zero-order valence-electron chi connectivity index (χ0n) is 11.8. The Balaban J connectivity index is 2.11. The molecule has 0 N–H and O–H groups in total. The van der Waals surface area contributed by atoms with Gasteiger partial charge in [-0.05, 0) is 23.8 Å². The van der Waals surface area contributed by atoms with Crippen LogP contribution in [0.5, 0.6) is 0 Å². The van der Waals surface area contributed by atoms with E-state index in [-0.39, 0.29) is 5.82 Å². The van der Waals surface area contributed by atoms with E-state index in [0.29, 0.717) is 16.7 Å². The summed E-state index contributed by atoms with van der Waals surface area (Å²) in [4.78, 5) is 0. The van der Waals surface area contributed by atoms with Gasteiger partial charge in [0.25, 0.3) is 0 Å². The van der Waals surface area contributed by atoms with Crippen molar-refractivity contribution in [3.8, 4) is 22.9 Å². The molecule has 106 valence electrons. The molecule has 0 aliphatic rings. The minimum absolute atomic E-state index is 0.334. The van der Waals surface area contributed by atoms with Crippen LogP contribution in [-0.4, -0.2) is 4.57 Å². The quantitative estimate of drug-likeness (QED) is 0.680. The van der Waals surface area contributed by atoms with E-state index in [1.54, 1.807) is 36.7 Å². The Kier molecular flexibility index (Phi) is 3.59. The first-order valence-electron chi connectivity index (χ1n) is 6.83. The summed E-state index contributed by atoms with van der Waals surface area (Å²) in [7, 11) is 0. The van der Waals surface area contributed by atoms with E-state index in [9.17, 15) is 9.65 Å². The maximum Gasteiger partial charge on any atom is 0.131 e. The number of hydrogen-bond donors (Lipinski definition) is 0. The van der Waals surface area contributed by atoms with Gasteiger partial charge in [-0.1, -0.05) is 43.0 Å². The van der Waals surface area contributed by atoms with Crippen LogP contribution >= 0.6 is 0 Å². The number of hydrogen-bond acceptors (Lipinski definition) is 1. The van der Waals surface area contributed by atoms with Crippen LogP contribution in [0.3, 0.4) is 0 Å². The third-order valence-electron chi connectivity index (χ3n) is 3.54. The second-order valence-electron chi connectivity index (χ2n) is 4.88. The minimum atomic E-state index is -0.334. The predicted octanol–water partition coefficient (Wildman–Crippen LogP) is 4.80. The van der Waals surface area contributed by atoms with Crippen LogP contribution in [0.15, 0.2) is 67.5 Å². The predicted molar refractivity (Wildman–Crippen MR) is 86.0 cm³/mol. The van der Waals surface area contributed by atoms with Gasteiger partial charge in [0.1, 0.15) is 11.9 Å². The van der Waals surface area contributed by atoms with Gasteiger partial charge in [-0.25, -0.2) is 4.39 Å². The lowest BCUT2D eigenvalue weighted by molar-refractivity contribution is 0.631. The average molecular weight is 288 g/mol. The molecule has 3 heteroatoms. The Labute approximate surface area is 128 Å². The molecule has 0 atom stereocenters. The van der Waals surface area contributed by atoms with Crippen LogP contribution in [0.2, 0.25) is 0 Å². The lowest BCUT2D eigenvalue weighted by atomic mass is 10.1. The van der Waals surface area contributed by atoms with Crippen LogP contribution in [0.4, 0.5) is 4.39 Å². The normalized spacial score (nSPS) is 10.2. The molecule has 0 aliphatic heterocycles. The average Bonchev–Trinajstić information content (AvgIpc) is 2.99. The molecular formula is C19H13FN2. The van der Waals surface area contributed by atoms with E-state index < -0.39 is 0 Å². The summed E-state index contributed by atoms with van der Waals surface area (Å²) in [5, 5.41) is 9.31. The molecule has 3 aromatic rings. The molecule has 0 amide bonds. The van der Waals surface area contributed by atoms with Gasteiger partial charge >= 0.3 is 0 Å². The van der Waals surface area contributed by atoms with Gasteiger partial charge in [0.15, 0.2) is 0 Å². The number of nitrogens with zero attached hydrogens (tertiary/aromatic N) is 2. The third-order valence-corrected chi connectivity index (χ3v) is 3.54. The molecule has 0 saturated carbocycles. The lowest BCUT2D eigenvalue weighted by Gasteiger charge is -2.03. The fourth-order valence-electron chi connectivity index (χ4n) is 2.37. The summed E-state index contributed by atoms with van der Waals surface area (Å²) in [6.07, 6.45) is 5.26. The maximum atomic E-state index is 14.0. The Morgan fingerprint density at radius 3 is 2.36 bits per heavy atom. The fraction of sp³-hybridized carbons (Fsp3) is 0. The van der Waals surface area contributed by atoms with Gasteiger partial charge in [-0.15, -0.1) is 0 Å². The van der Waals surface area contributed by atoms with Gasteiger partial charge in [0, 0.05) is 29.2 Å². The van der Waals surface area contributed by atoms with Gasteiger partial charge in [0.2, 0.25) is 0 Å². The highest BCUT2D eigenvalue weighted by Crippen LogP contribution is 2.28. The Bertz CT molecular complexity index is 867. The fourth-order valence-corrected chi connectivity index (χ4v) is 2.37. The molecule has 1 aromatic heterocycles. The topological polar surface area (TPSA) is 28.7 Å². The summed E-state index contributed by atoms with van der Waals surface area (Å²) in [5.74, 6) is -0.334. The number of nitriles is 1. The van der Waals surface area contributed by atoms with Gasteiger partial charge in [0.05, 0.1) is 5.56 Å². The number of aromatic nitrogens is 1. The van der Waals surface area contributed by atoms with Crippen molar-refractivity contribution in [3.05, 3.63) is 84.4 Å². The highest BCUT2D eigenvalue weighted by atomic mass is 19.1. The zero-order chi connectivity index (χ0) is 15.5. The number of rotatable bonds is 3. The molecule has 22 heavy (non-hydrogen) atoms. The molecule has 0 fully saturated rings. The Hall–Kier alpha value is -3.12. The smallest absolute Gasteiger partial charge is 0.131 e. The van der Waals surface area contributed by atoms with Crippen molar-refractivity contribution in [2.24, 2.45) is 0 Å². The first-order valence-corrected chi connectivity index (χ1v) is 6.83. The van der Waals surface area contributed by atoms with E-state index in [1.165, 1.54) is 6.07 Å². The number of benzene rings is 2. The largest absolute Gasteiger partial charge is 0.322 e. The summed E-state index contributed by atoms with van der Waals surface area (Å²) >= 11 is 0. The summed E-state index contributed by atoms with van der Waals surface area (Å²) in [6, 6.07) is 16.3. The first kappa shape index (κ1) is 13.8. The number of halogens is 1. The highest BCUT2D eigenvalue weighted by molar-refractivity contribution is 5.71. The van der Waals surface area contributed by atoms with E-state index in [0.717, 1.165) is 11.3 Å². The van der Waals surface area contributed by atoms with Crippen LogP contribution in [0, 0.1) is 17.1 Å². The Morgan fingerprint density at radius 1 is 1.00 bits per heavy atom. The summed E-state index contributed by atoms with van der Waals surface area (Å²) in [6.45, 7) is 3.72. The maximum absolute atomic E-state index is 14.0. The van der Waals surface area contributed by atoms with E-state index in [2.05, 4.69) is 12.6 Å². The van der Waals surface area contributed by atoms with Crippen molar-refractivity contribution in [1.29, 1.82) is 5.26 Å². The van der Waals surface area contributed by atoms with Crippen LogP contribution in [-0.2, 0) is 0 Å². The summed E-state index contributed by atoms with van der Waals surface area (Å²) in [5.41, 5.74) is 3.39. The van der Waals surface area contributed by atoms with Crippen molar-refractivity contribution in [1.82, 2.24) is 4.57 Å². The van der Waals surface area contributed by atoms with Crippen molar-refractivity contribution in [2.75, 3.05) is 0 Å². The summed E-state index contributed by atoms with van der Waals surface area (Å²) < 4.78 is 15.8. The van der Waals surface area contributed by atoms with Gasteiger partial charge in [-0.3, -0.25) is 0 Å². The van der Waals surface area contributed by atoms with Crippen molar-refractivity contribution >= 4 is 6.08 Å². The zero-order valence-corrected chi connectivity index (χ0v) is 11.8. The van der Waals surface area contributed by atoms with Crippen molar-refractivity contribution in [3.63, 3.8) is 0 Å².